The van der Waals surface area contributed by atoms with Crippen molar-refractivity contribution >= 4 is 5.69 Å². The molecule has 0 heterocycles. The van der Waals surface area contributed by atoms with Crippen molar-refractivity contribution in [2.24, 2.45) is 0 Å². The third-order valence-electron chi connectivity index (χ3n) is 2.98. The highest BCUT2D eigenvalue weighted by Crippen LogP contribution is 2.24. The minimum atomic E-state index is 1.23. The molecule has 1 nitrogen and oxygen atoms in total. The van der Waals surface area contributed by atoms with Crippen molar-refractivity contribution in [1.29, 1.82) is 0 Å². The highest BCUT2D eigenvalue weighted by Gasteiger charge is 2.08. The van der Waals surface area contributed by atoms with E-state index in [-0.39, 0.29) is 0 Å². The van der Waals surface area contributed by atoms with Crippen LogP contribution in [0.15, 0.2) is 59.8 Å². The lowest BCUT2D eigenvalue weighted by atomic mass is 10.1. The molecule has 0 spiro atoms. The molecule has 1 aromatic carbocycles. The third-order valence-corrected chi connectivity index (χ3v) is 2.98. The summed E-state index contributed by atoms with van der Waals surface area (Å²) in [6.07, 6.45) is 8.45. The number of para-hydroxylation sites is 1. The summed E-state index contributed by atoms with van der Waals surface area (Å²) in [6, 6.07) is 8.45. The van der Waals surface area contributed by atoms with Crippen LogP contribution in [-0.4, -0.2) is 7.05 Å². The summed E-state index contributed by atoms with van der Waals surface area (Å²) in [5.74, 6) is 0. The van der Waals surface area contributed by atoms with Gasteiger partial charge >= 0.3 is 0 Å². The first-order valence-electron chi connectivity index (χ1n) is 6.37. The predicted octanol–water partition coefficient (Wildman–Crippen LogP) is 4.86. The molecule has 96 valence electrons. The Labute approximate surface area is 111 Å². The van der Waals surface area contributed by atoms with Gasteiger partial charge in [-0.15, -0.1) is 0 Å². The molecule has 0 N–H and O–H groups in total. The number of benzene rings is 1. The number of hydrogen-bond donors (Lipinski definition) is 0. The molecule has 1 aromatic rings. The summed E-state index contributed by atoms with van der Waals surface area (Å²) in [6.45, 7) is 8.38. The van der Waals surface area contributed by atoms with Gasteiger partial charge in [0.1, 0.15) is 0 Å². The van der Waals surface area contributed by atoms with E-state index in [2.05, 4.69) is 81.3 Å². The maximum Gasteiger partial charge on any atom is 0.0437 e. The van der Waals surface area contributed by atoms with Crippen LogP contribution < -0.4 is 4.90 Å². The largest absolute Gasteiger partial charge is 0.344 e. The van der Waals surface area contributed by atoms with E-state index in [1.165, 1.54) is 22.5 Å². The Morgan fingerprint density at radius 1 is 1.06 bits per heavy atom. The molecule has 0 bridgehead atoms. The number of aryl methyl sites for hydroxylation is 1. The van der Waals surface area contributed by atoms with Gasteiger partial charge in [0, 0.05) is 18.4 Å². The number of allylic oxidation sites excluding steroid dienone is 5. The number of rotatable bonds is 4. The van der Waals surface area contributed by atoms with Gasteiger partial charge in [-0.25, -0.2) is 0 Å². The summed E-state index contributed by atoms with van der Waals surface area (Å²) < 4.78 is 0. The molecule has 0 aliphatic carbocycles. The maximum atomic E-state index is 2.24. The smallest absolute Gasteiger partial charge is 0.0437 e. The van der Waals surface area contributed by atoms with Crippen molar-refractivity contribution in [3.8, 4) is 0 Å². The second kappa shape index (κ2) is 6.85. The van der Waals surface area contributed by atoms with Crippen LogP contribution in [0, 0.1) is 6.92 Å². The Bertz CT molecular complexity index is 478. The van der Waals surface area contributed by atoms with Crippen molar-refractivity contribution < 1.29 is 0 Å². The second-order valence-corrected chi connectivity index (χ2v) is 4.41. The monoisotopic (exact) mass is 241 g/mol. The zero-order valence-electron chi connectivity index (χ0n) is 12.1. The van der Waals surface area contributed by atoms with Gasteiger partial charge in [0.25, 0.3) is 0 Å². The molecule has 18 heavy (non-hydrogen) atoms. The molecule has 0 unspecified atom stereocenters. The van der Waals surface area contributed by atoms with Crippen LogP contribution in [0.3, 0.4) is 0 Å². The van der Waals surface area contributed by atoms with Crippen molar-refractivity contribution in [2.75, 3.05) is 11.9 Å². The Balaban J connectivity index is 3.24. The molecular formula is C17H23N. The van der Waals surface area contributed by atoms with Crippen LogP contribution in [-0.2, 0) is 0 Å². The lowest BCUT2D eigenvalue weighted by Gasteiger charge is -2.24. The van der Waals surface area contributed by atoms with Crippen LogP contribution in [0.4, 0.5) is 5.69 Å². The molecular weight excluding hydrogens is 218 g/mol. The summed E-state index contributed by atoms with van der Waals surface area (Å²) in [5.41, 5.74) is 5.02. The Kier molecular flexibility index (Phi) is 5.44. The molecule has 1 heteroatoms. The second-order valence-electron chi connectivity index (χ2n) is 4.41. The molecule has 0 saturated carbocycles. The minimum Gasteiger partial charge on any atom is -0.344 e. The highest BCUT2D eigenvalue weighted by molar-refractivity contribution is 5.60. The highest BCUT2D eigenvalue weighted by atomic mass is 15.1. The molecule has 0 saturated heterocycles. The summed E-state index contributed by atoms with van der Waals surface area (Å²) in [4.78, 5) is 2.24. The van der Waals surface area contributed by atoms with Gasteiger partial charge in [-0.2, -0.15) is 0 Å². The molecule has 0 fully saturated rings. The maximum absolute atomic E-state index is 2.24. The van der Waals surface area contributed by atoms with Crippen molar-refractivity contribution in [3.05, 3.63) is 65.4 Å². The first-order valence-corrected chi connectivity index (χ1v) is 6.37. The Morgan fingerprint density at radius 3 is 2.22 bits per heavy atom. The van der Waals surface area contributed by atoms with E-state index in [1.54, 1.807) is 0 Å². The van der Waals surface area contributed by atoms with Crippen molar-refractivity contribution in [1.82, 2.24) is 0 Å². The number of nitrogens with zero attached hydrogens (tertiary/aromatic N) is 1. The van der Waals surface area contributed by atoms with Gasteiger partial charge in [-0.1, -0.05) is 36.4 Å². The molecule has 0 aliphatic heterocycles. The fraction of sp³-hybridized carbons (Fsp3) is 0.294. The predicted molar refractivity (Wildman–Crippen MR) is 81.9 cm³/mol. The lowest BCUT2D eigenvalue weighted by molar-refractivity contribution is 1.09. The van der Waals surface area contributed by atoms with Crippen molar-refractivity contribution in [3.63, 3.8) is 0 Å². The van der Waals surface area contributed by atoms with Crippen LogP contribution in [0.25, 0.3) is 0 Å². The number of likely N-dealkylation sites (N-methyl/N-ethyl adjacent to an activating group) is 1. The molecule has 0 aliphatic rings. The van der Waals surface area contributed by atoms with Gasteiger partial charge in [0.15, 0.2) is 0 Å². The normalized spacial score (nSPS) is 13.2. The van der Waals surface area contributed by atoms with Crippen LogP contribution in [0.1, 0.15) is 26.3 Å². The van der Waals surface area contributed by atoms with E-state index in [0.717, 1.165) is 0 Å². The van der Waals surface area contributed by atoms with E-state index in [9.17, 15) is 0 Å². The standard InChI is InChI=1S/C17H23N/c1-6-10-14(3)16(11-7-2)18(5)17-13-9-8-12-15(17)4/h6-13H,1-5H3/b10-6-,11-7-,16-14+. The lowest BCUT2D eigenvalue weighted by Crippen LogP contribution is -2.17. The van der Waals surface area contributed by atoms with Gasteiger partial charge < -0.3 is 4.90 Å². The average Bonchev–Trinajstić information content (AvgIpc) is 2.36. The molecule has 0 aromatic heterocycles. The van der Waals surface area contributed by atoms with Gasteiger partial charge in [-0.3, -0.25) is 0 Å². The third kappa shape index (κ3) is 3.36. The fourth-order valence-corrected chi connectivity index (χ4v) is 2.07. The minimum absolute atomic E-state index is 1.23. The Hall–Kier alpha value is -1.76. The van der Waals surface area contributed by atoms with Crippen LogP contribution in [0.2, 0.25) is 0 Å². The SMILES string of the molecule is C\C=C/C(C)=C(\C=C/C)N(C)c1ccccc1C. The Morgan fingerprint density at radius 2 is 1.67 bits per heavy atom. The zero-order valence-corrected chi connectivity index (χ0v) is 12.1. The van der Waals surface area contributed by atoms with Gasteiger partial charge in [0.2, 0.25) is 0 Å². The molecule has 0 atom stereocenters. The zero-order chi connectivity index (χ0) is 13.5. The fourth-order valence-electron chi connectivity index (χ4n) is 2.07. The van der Waals surface area contributed by atoms with E-state index in [0.29, 0.717) is 0 Å². The summed E-state index contributed by atoms with van der Waals surface area (Å²) in [7, 11) is 2.12. The molecule has 0 radical (unpaired) electrons. The van der Waals surface area contributed by atoms with Gasteiger partial charge in [0.05, 0.1) is 0 Å². The van der Waals surface area contributed by atoms with E-state index >= 15 is 0 Å². The van der Waals surface area contributed by atoms with Gasteiger partial charge in [-0.05, 0) is 51.0 Å². The van der Waals surface area contributed by atoms with Crippen LogP contribution >= 0.6 is 0 Å². The molecule has 0 amide bonds. The quantitative estimate of drug-likeness (QED) is 0.681. The molecule has 1 rings (SSSR count). The topological polar surface area (TPSA) is 3.24 Å². The number of anilines is 1. The first kappa shape index (κ1) is 14.3. The van der Waals surface area contributed by atoms with E-state index < -0.39 is 0 Å². The first-order chi connectivity index (χ1) is 8.61. The average molecular weight is 241 g/mol. The summed E-state index contributed by atoms with van der Waals surface area (Å²) in [5, 5.41) is 0. The van der Waals surface area contributed by atoms with Crippen LogP contribution in [0.5, 0.6) is 0 Å². The van der Waals surface area contributed by atoms with Crippen molar-refractivity contribution in [2.45, 2.75) is 27.7 Å². The summed E-state index contributed by atoms with van der Waals surface area (Å²) >= 11 is 0. The number of hydrogen-bond acceptors (Lipinski definition) is 1. The van der Waals surface area contributed by atoms with E-state index in [4.69, 9.17) is 0 Å². The van der Waals surface area contributed by atoms with E-state index in [1.807, 2.05) is 6.92 Å².